The first-order valence-corrected chi connectivity index (χ1v) is 10.2. The Morgan fingerprint density at radius 3 is 2.73 bits per heavy atom. The van der Waals surface area contributed by atoms with Gasteiger partial charge in [-0.05, 0) is 62.2 Å². The molecule has 7 heteroatoms. The maximum absolute atomic E-state index is 6.17. The first kappa shape index (κ1) is 17.5. The summed E-state index contributed by atoms with van der Waals surface area (Å²) in [5.41, 5.74) is 2.25. The van der Waals surface area contributed by atoms with Crippen molar-refractivity contribution < 1.29 is 4.74 Å². The van der Waals surface area contributed by atoms with Crippen LogP contribution in [0.3, 0.4) is 0 Å². The van der Waals surface area contributed by atoms with Crippen LogP contribution >= 0.6 is 22.9 Å². The number of rotatable bonds is 5. The van der Waals surface area contributed by atoms with Crippen molar-refractivity contribution >= 4 is 39.0 Å². The Balaban J connectivity index is 1.73. The summed E-state index contributed by atoms with van der Waals surface area (Å²) in [4.78, 5) is 9.83. The molecule has 0 atom stereocenters. The minimum Gasteiger partial charge on any atom is -0.494 e. The first-order valence-electron chi connectivity index (χ1n) is 8.90. The minimum absolute atomic E-state index is 0.286. The molecule has 1 fully saturated rings. The molecule has 26 heavy (non-hydrogen) atoms. The van der Waals surface area contributed by atoms with E-state index in [1.165, 1.54) is 0 Å². The van der Waals surface area contributed by atoms with Gasteiger partial charge in [-0.3, -0.25) is 0 Å². The molecule has 0 amide bonds. The lowest BCUT2D eigenvalue weighted by atomic mass is 10.0. The van der Waals surface area contributed by atoms with Gasteiger partial charge in [0.1, 0.15) is 16.4 Å². The number of nitrogens with one attached hydrogen (secondary N) is 2. The molecule has 2 aromatic heterocycles. The fourth-order valence-electron chi connectivity index (χ4n) is 3.29. The number of thiophene rings is 1. The Hall–Kier alpha value is -1.89. The van der Waals surface area contributed by atoms with Crippen molar-refractivity contribution in [1.82, 2.24) is 15.3 Å². The first-order chi connectivity index (χ1) is 12.7. The lowest BCUT2D eigenvalue weighted by Crippen LogP contribution is -2.35. The number of fused-ring (bicyclic) bond motifs is 1. The van der Waals surface area contributed by atoms with Gasteiger partial charge in [-0.2, -0.15) is 0 Å². The fourth-order valence-corrected chi connectivity index (χ4v) is 4.46. The molecular weight excluding hydrogens is 368 g/mol. The number of anilines is 1. The Labute approximate surface area is 161 Å². The normalized spacial score (nSPS) is 15.3. The van der Waals surface area contributed by atoms with Crippen LogP contribution in [0.5, 0.6) is 5.75 Å². The zero-order valence-corrected chi connectivity index (χ0v) is 16.2. The van der Waals surface area contributed by atoms with Gasteiger partial charge in [0.25, 0.3) is 0 Å². The summed E-state index contributed by atoms with van der Waals surface area (Å²) >= 11 is 7.76. The average molecular weight is 389 g/mol. The van der Waals surface area contributed by atoms with Crippen molar-refractivity contribution in [2.24, 2.45) is 0 Å². The number of hydrogen-bond donors (Lipinski definition) is 2. The van der Waals surface area contributed by atoms with Gasteiger partial charge >= 0.3 is 0 Å². The van der Waals surface area contributed by atoms with E-state index >= 15 is 0 Å². The summed E-state index contributed by atoms with van der Waals surface area (Å²) in [5.74, 6) is 1.71. The maximum Gasteiger partial charge on any atom is 0.225 e. The lowest BCUT2D eigenvalue weighted by Gasteiger charge is -2.24. The van der Waals surface area contributed by atoms with Crippen molar-refractivity contribution in [2.75, 3.05) is 25.0 Å². The summed E-state index contributed by atoms with van der Waals surface area (Å²) < 4.78 is 5.55. The third kappa shape index (κ3) is 3.63. The highest BCUT2D eigenvalue weighted by atomic mass is 35.5. The standard InChI is InChI=1S/C19H21ClN4OS/c1-2-25-14-5-3-12(4-6-14)15-11-26-18-16(15)17(23-19(20)24-18)22-13-7-9-21-10-8-13/h3-6,11,13,21H,2,7-10H2,1H3,(H,22,23,24). The predicted molar refractivity (Wildman–Crippen MR) is 109 cm³/mol. The van der Waals surface area contributed by atoms with Gasteiger partial charge < -0.3 is 15.4 Å². The van der Waals surface area contributed by atoms with Crippen LogP contribution in [0, 0.1) is 0 Å². The largest absolute Gasteiger partial charge is 0.494 e. The zero-order valence-electron chi connectivity index (χ0n) is 14.6. The van der Waals surface area contributed by atoms with Gasteiger partial charge in [0, 0.05) is 17.0 Å². The highest BCUT2D eigenvalue weighted by Crippen LogP contribution is 2.38. The van der Waals surface area contributed by atoms with E-state index in [4.69, 9.17) is 16.3 Å². The maximum atomic E-state index is 6.17. The number of halogens is 1. The molecule has 136 valence electrons. The molecule has 1 aliphatic heterocycles. The van der Waals surface area contributed by atoms with Crippen LogP contribution in [0.2, 0.25) is 5.28 Å². The van der Waals surface area contributed by atoms with Crippen molar-refractivity contribution in [1.29, 1.82) is 0 Å². The smallest absolute Gasteiger partial charge is 0.225 e. The Morgan fingerprint density at radius 1 is 1.23 bits per heavy atom. The van der Waals surface area contributed by atoms with Gasteiger partial charge in [-0.25, -0.2) is 9.97 Å². The van der Waals surface area contributed by atoms with Crippen LogP contribution in [0.25, 0.3) is 21.3 Å². The van der Waals surface area contributed by atoms with Crippen LogP contribution in [-0.4, -0.2) is 35.7 Å². The second kappa shape index (κ2) is 7.78. The number of hydrogen-bond acceptors (Lipinski definition) is 6. The number of nitrogens with zero attached hydrogens (tertiary/aromatic N) is 2. The molecule has 3 aromatic rings. The molecule has 0 radical (unpaired) electrons. The van der Waals surface area contributed by atoms with E-state index in [0.29, 0.717) is 12.6 Å². The van der Waals surface area contributed by atoms with Crippen LogP contribution in [-0.2, 0) is 0 Å². The molecule has 0 unspecified atom stereocenters. The third-order valence-corrected chi connectivity index (χ3v) is 5.60. The van der Waals surface area contributed by atoms with Crippen molar-refractivity contribution in [2.45, 2.75) is 25.8 Å². The molecular formula is C19H21ClN4OS. The van der Waals surface area contributed by atoms with Gasteiger partial charge in [0.05, 0.1) is 12.0 Å². The van der Waals surface area contributed by atoms with E-state index in [-0.39, 0.29) is 5.28 Å². The van der Waals surface area contributed by atoms with E-state index in [2.05, 4.69) is 38.1 Å². The number of benzene rings is 1. The molecule has 1 saturated heterocycles. The lowest BCUT2D eigenvalue weighted by molar-refractivity contribution is 0.340. The minimum atomic E-state index is 0.286. The van der Waals surface area contributed by atoms with E-state index in [1.54, 1.807) is 11.3 Å². The van der Waals surface area contributed by atoms with E-state index < -0.39 is 0 Å². The van der Waals surface area contributed by atoms with Gasteiger partial charge in [-0.1, -0.05) is 12.1 Å². The highest BCUT2D eigenvalue weighted by molar-refractivity contribution is 7.17. The average Bonchev–Trinajstić information content (AvgIpc) is 3.07. The zero-order chi connectivity index (χ0) is 17.9. The molecule has 5 nitrogen and oxygen atoms in total. The van der Waals surface area contributed by atoms with Crippen LogP contribution in [0.4, 0.5) is 5.82 Å². The van der Waals surface area contributed by atoms with Gasteiger partial charge in [-0.15, -0.1) is 11.3 Å². The van der Waals surface area contributed by atoms with Crippen LogP contribution in [0.1, 0.15) is 19.8 Å². The molecule has 0 bridgehead atoms. The quantitative estimate of drug-likeness (QED) is 0.627. The SMILES string of the molecule is CCOc1ccc(-c2csc3nc(Cl)nc(NC4CCNCC4)c23)cc1. The van der Waals surface area contributed by atoms with E-state index in [1.807, 2.05) is 19.1 Å². The number of piperidine rings is 1. The van der Waals surface area contributed by atoms with Gasteiger partial charge in [0.15, 0.2) is 0 Å². The summed E-state index contributed by atoms with van der Waals surface area (Å²) in [7, 11) is 0. The monoisotopic (exact) mass is 388 g/mol. The predicted octanol–water partition coefficient (Wildman–Crippen LogP) is 4.57. The molecule has 2 N–H and O–H groups in total. The summed E-state index contributed by atoms with van der Waals surface area (Å²) in [6, 6.07) is 8.56. The Kier molecular flexibility index (Phi) is 5.24. The number of aromatic nitrogens is 2. The molecule has 4 rings (SSSR count). The van der Waals surface area contributed by atoms with Crippen LogP contribution < -0.4 is 15.4 Å². The molecule has 1 aliphatic rings. The van der Waals surface area contributed by atoms with E-state index in [0.717, 1.165) is 58.8 Å². The summed E-state index contributed by atoms with van der Waals surface area (Å²) in [6.45, 7) is 4.70. The van der Waals surface area contributed by atoms with Crippen molar-refractivity contribution in [3.63, 3.8) is 0 Å². The summed E-state index contributed by atoms with van der Waals surface area (Å²) in [6.07, 6.45) is 2.15. The van der Waals surface area contributed by atoms with Crippen molar-refractivity contribution in [3.05, 3.63) is 34.9 Å². The highest BCUT2D eigenvalue weighted by Gasteiger charge is 2.19. The molecule has 1 aromatic carbocycles. The number of ether oxygens (including phenoxy) is 1. The third-order valence-electron chi connectivity index (χ3n) is 4.56. The molecule has 0 aliphatic carbocycles. The second-order valence-electron chi connectivity index (χ2n) is 6.30. The van der Waals surface area contributed by atoms with Crippen LogP contribution in [0.15, 0.2) is 29.6 Å². The molecule has 0 saturated carbocycles. The second-order valence-corrected chi connectivity index (χ2v) is 7.49. The van der Waals surface area contributed by atoms with Crippen molar-refractivity contribution in [3.8, 4) is 16.9 Å². The Bertz CT molecular complexity index is 890. The summed E-state index contributed by atoms with van der Waals surface area (Å²) in [5, 5.41) is 10.4. The fraction of sp³-hybridized carbons (Fsp3) is 0.368. The molecule has 0 spiro atoms. The Morgan fingerprint density at radius 2 is 2.00 bits per heavy atom. The van der Waals surface area contributed by atoms with E-state index in [9.17, 15) is 0 Å². The topological polar surface area (TPSA) is 59.1 Å². The van der Waals surface area contributed by atoms with Gasteiger partial charge in [0.2, 0.25) is 5.28 Å². The molecule has 3 heterocycles.